The molecule has 0 aliphatic carbocycles. The molecule has 0 saturated carbocycles. The lowest BCUT2D eigenvalue weighted by atomic mass is 10.0. The highest BCUT2D eigenvalue weighted by Gasteiger charge is 2.08. The van der Waals surface area contributed by atoms with Crippen LogP contribution in [0.2, 0.25) is 0 Å². The number of hydrogen-bond acceptors (Lipinski definition) is 5. The second kappa shape index (κ2) is 14.8. The number of para-hydroxylation sites is 1. The average molecular weight is 480 g/mol. The molecule has 4 rings (SSSR count). The molecule has 2 heterocycles. The summed E-state index contributed by atoms with van der Waals surface area (Å²) in [7, 11) is 0. The van der Waals surface area contributed by atoms with E-state index in [9.17, 15) is 9.59 Å². The van der Waals surface area contributed by atoms with Crippen LogP contribution in [0.3, 0.4) is 0 Å². The molecule has 5 heteroatoms. The molecular formula is C30H41NO4. The lowest BCUT2D eigenvalue weighted by Gasteiger charge is -2.21. The fourth-order valence-electron chi connectivity index (χ4n) is 3.59. The fraction of sp³-hybridized carbons (Fsp3) is 0.400. The first kappa shape index (κ1) is 29.7. The van der Waals surface area contributed by atoms with E-state index in [1.807, 2.05) is 84.9 Å². The zero-order chi connectivity index (χ0) is 26.5. The number of benzene rings is 2. The minimum absolute atomic E-state index is 0.204. The third-order valence-electron chi connectivity index (χ3n) is 5.35. The summed E-state index contributed by atoms with van der Waals surface area (Å²) in [6.07, 6.45) is 0. The van der Waals surface area contributed by atoms with Crippen molar-refractivity contribution in [2.45, 2.75) is 68.2 Å². The summed E-state index contributed by atoms with van der Waals surface area (Å²) >= 11 is 0. The van der Waals surface area contributed by atoms with E-state index in [1.165, 1.54) is 6.07 Å². The van der Waals surface area contributed by atoms with Gasteiger partial charge < -0.3 is 13.7 Å². The van der Waals surface area contributed by atoms with Crippen LogP contribution < -0.4 is 16.2 Å². The van der Waals surface area contributed by atoms with Crippen molar-refractivity contribution in [3.05, 3.63) is 86.6 Å². The average Bonchev–Trinajstić information content (AvgIpc) is 2.87. The molecule has 0 saturated heterocycles. The third-order valence-corrected chi connectivity index (χ3v) is 5.35. The normalized spacial score (nSPS) is 10.0. The van der Waals surface area contributed by atoms with Gasteiger partial charge in [0.25, 0.3) is 0 Å². The van der Waals surface area contributed by atoms with Gasteiger partial charge in [-0.05, 0) is 56.5 Å². The van der Waals surface area contributed by atoms with Crippen LogP contribution in [0.5, 0.6) is 0 Å². The zero-order valence-electron chi connectivity index (χ0n) is 22.8. The highest BCUT2D eigenvalue weighted by molar-refractivity contribution is 5.84. The molecule has 35 heavy (non-hydrogen) atoms. The summed E-state index contributed by atoms with van der Waals surface area (Å²) in [6, 6.07) is 16.8. The van der Waals surface area contributed by atoms with E-state index < -0.39 is 0 Å². The van der Waals surface area contributed by atoms with Gasteiger partial charge in [-0.3, -0.25) is 0 Å². The minimum atomic E-state index is -0.298. The predicted octanol–water partition coefficient (Wildman–Crippen LogP) is 7.92. The Balaban J connectivity index is 0.000000311. The fourth-order valence-corrected chi connectivity index (χ4v) is 3.59. The molecule has 0 fully saturated rings. The standard InChI is InChI=1S/C14H17NO2.C12H12O2.2C2H6/c1-4-15(5-2)11-8-10(3)12-6-7-14(16)17-13(12)9-11;1-8(2)10-7-9-5-3-4-6-11(9)14-12(10)13;2*1-2/h6-9H,4-5H2,1-3H3;3-8H,1-2H3;2*1-2H3. The van der Waals surface area contributed by atoms with Crippen molar-refractivity contribution in [3.63, 3.8) is 0 Å². The van der Waals surface area contributed by atoms with Crippen molar-refractivity contribution in [1.29, 1.82) is 0 Å². The first-order chi connectivity index (χ1) is 16.8. The maximum atomic E-state index is 11.5. The third kappa shape index (κ3) is 7.84. The molecule has 0 unspecified atom stereocenters. The van der Waals surface area contributed by atoms with Gasteiger partial charge in [0.15, 0.2) is 0 Å². The Hall–Kier alpha value is -3.34. The SMILES string of the molecule is CC.CC.CC(C)c1cc2ccccc2oc1=O.CCN(CC)c1cc(C)c2ccc(=O)oc2c1. The molecule has 0 atom stereocenters. The molecule has 0 aliphatic heterocycles. The maximum Gasteiger partial charge on any atom is 0.339 e. The Kier molecular flexibility index (Phi) is 12.6. The molecule has 0 amide bonds. The first-order valence-corrected chi connectivity index (χ1v) is 12.7. The van der Waals surface area contributed by atoms with Crippen LogP contribution in [0, 0.1) is 6.92 Å². The zero-order valence-corrected chi connectivity index (χ0v) is 22.8. The molecular weight excluding hydrogens is 438 g/mol. The largest absolute Gasteiger partial charge is 0.423 e. The molecule has 190 valence electrons. The summed E-state index contributed by atoms with van der Waals surface area (Å²) in [6.45, 7) is 20.1. The molecule has 2 aromatic heterocycles. The summed E-state index contributed by atoms with van der Waals surface area (Å²) in [5.74, 6) is 0.204. The summed E-state index contributed by atoms with van der Waals surface area (Å²) in [5, 5.41) is 1.98. The highest BCUT2D eigenvalue weighted by atomic mass is 16.4. The molecule has 0 radical (unpaired) electrons. The predicted molar refractivity (Wildman–Crippen MR) is 150 cm³/mol. The second-order valence-electron chi connectivity index (χ2n) is 7.78. The van der Waals surface area contributed by atoms with E-state index in [2.05, 4.69) is 24.8 Å². The summed E-state index contributed by atoms with van der Waals surface area (Å²) < 4.78 is 10.4. The van der Waals surface area contributed by atoms with Crippen molar-refractivity contribution in [2.75, 3.05) is 18.0 Å². The van der Waals surface area contributed by atoms with Crippen molar-refractivity contribution in [2.24, 2.45) is 0 Å². The van der Waals surface area contributed by atoms with Crippen molar-refractivity contribution < 1.29 is 8.83 Å². The lowest BCUT2D eigenvalue weighted by molar-refractivity contribution is 0.544. The Bertz CT molecular complexity index is 1300. The second-order valence-corrected chi connectivity index (χ2v) is 7.78. The van der Waals surface area contributed by atoms with Gasteiger partial charge in [0, 0.05) is 47.2 Å². The molecule has 0 spiro atoms. The molecule has 4 aromatic rings. The number of fused-ring (bicyclic) bond motifs is 2. The molecule has 2 aromatic carbocycles. The Morgan fingerprint density at radius 1 is 0.800 bits per heavy atom. The van der Waals surface area contributed by atoms with Crippen LogP contribution in [-0.4, -0.2) is 13.1 Å². The number of nitrogens with zero attached hydrogens (tertiary/aromatic N) is 1. The van der Waals surface area contributed by atoms with E-state index in [0.29, 0.717) is 11.2 Å². The first-order valence-electron chi connectivity index (χ1n) is 12.7. The summed E-state index contributed by atoms with van der Waals surface area (Å²) in [4.78, 5) is 25.0. The van der Waals surface area contributed by atoms with Gasteiger partial charge in [-0.1, -0.05) is 59.7 Å². The van der Waals surface area contributed by atoms with Crippen LogP contribution in [0.15, 0.2) is 73.0 Å². The molecule has 0 N–H and O–H groups in total. The number of hydrogen-bond donors (Lipinski definition) is 0. The summed E-state index contributed by atoms with van der Waals surface area (Å²) in [5.41, 5.74) is 3.78. The molecule has 0 aliphatic rings. The van der Waals surface area contributed by atoms with Gasteiger partial charge in [-0.25, -0.2) is 9.59 Å². The van der Waals surface area contributed by atoms with Crippen LogP contribution >= 0.6 is 0 Å². The van der Waals surface area contributed by atoms with Crippen LogP contribution in [0.25, 0.3) is 21.9 Å². The van der Waals surface area contributed by atoms with E-state index >= 15 is 0 Å². The maximum absolute atomic E-state index is 11.5. The van der Waals surface area contributed by atoms with Crippen LogP contribution in [-0.2, 0) is 0 Å². The number of anilines is 1. The van der Waals surface area contributed by atoms with Gasteiger partial charge in [-0.2, -0.15) is 0 Å². The Morgan fingerprint density at radius 3 is 2.03 bits per heavy atom. The van der Waals surface area contributed by atoms with Crippen LogP contribution in [0.4, 0.5) is 5.69 Å². The molecule has 0 bridgehead atoms. The number of aryl methyl sites for hydroxylation is 1. The van der Waals surface area contributed by atoms with E-state index in [1.54, 1.807) is 6.07 Å². The number of rotatable bonds is 4. The van der Waals surface area contributed by atoms with Crippen molar-refractivity contribution in [3.8, 4) is 0 Å². The van der Waals surface area contributed by atoms with Crippen LogP contribution in [0.1, 0.15) is 72.4 Å². The Labute approximate surface area is 209 Å². The van der Waals surface area contributed by atoms with Crippen molar-refractivity contribution in [1.82, 2.24) is 0 Å². The van der Waals surface area contributed by atoms with E-state index in [4.69, 9.17) is 8.83 Å². The highest BCUT2D eigenvalue weighted by Crippen LogP contribution is 2.24. The van der Waals surface area contributed by atoms with E-state index in [-0.39, 0.29) is 17.2 Å². The Morgan fingerprint density at radius 2 is 1.43 bits per heavy atom. The van der Waals surface area contributed by atoms with Gasteiger partial charge in [0.05, 0.1) is 0 Å². The van der Waals surface area contributed by atoms with Gasteiger partial charge in [0.1, 0.15) is 11.2 Å². The van der Waals surface area contributed by atoms with E-state index in [0.717, 1.165) is 40.7 Å². The lowest BCUT2D eigenvalue weighted by Crippen LogP contribution is -2.21. The molecule has 5 nitrogen and oxygen atoms in total. The topological polar surface area (TPSA) is 63.7 Å². The quantitative estimate of drug-likeness (QED) is 0.278. The smallest absolute Gasteiger partial charge is 0.339 e. The monoisotopic (exact) mass is 479 g/mol. The minimum Gasteiger partial charge on any atom is -0.423 e. The van der Waals surface area contributed by atoms with Gasteiger partial charge in [0.2, 0.25) is 0 Å². The van der Waals surface area contributed by atoms with Gasteiger partial charge in [-0.15, -0.1) is 0 Å². The van der Waals surface area contributed by atoms with Crippen molar-refractivity contribution >= 4 is 27.6 Å². The van der Waals surface area contributed by atoms with Gasteiger partial charge >= 0.3 is 11.3 Å².